The fourth-order valence-corrected chi connectivity index (χ4v) is 1.58. The first-order chi connectivity index (χ1) is 9.38. The molecule has 0 aliphatic carbocycles. The number of carbonyl (C=O) groups excluding carboxylic acids is 2. The van der Waals surface area contributed by atoms with E-state index in [1.807, 2.05) is 0 Å². The predicted molar refractivity (Wildman–Crippen MR) is 69.7 cm³/mol. The lowest BCUT2D eigenvalue weighted by molar-refractivity contribution is -0.137. The van der Waals surface area contributed by atoms with Gasteiger partial charge in [0.25, 0.3) is 0 Å². The van der Waals surface area contributed by atoms with Gasteiger partial charge in [-0.2, -0.15) is 5.10 Å². The SMILES string of the molecule is CN(Cc1cnn(C)c1)C(=O)NC(=O)CCCC(=O)O. The number of aliphatic carboxylic acids is 1. The Labute approximate surface area is 116 Å². The van der Waals surface area contributed by atoms with Crippen molar-refractivity contribution in [3.63, 3.8) is 0 Å². The number of carbonyl (C=O) groups is 3. The number of aryl methyl sites for hydroxylation is 1. The summed E-state index contributed by atoms with van der Waals surface area (Å²) in [6, 6.07) is -0.519. The molecule has 0 aromatic carbocycles. The summed E-state index contributed by atoms with van der Waals surface area (Å²) in [4.78, 5) is 34.8. The molecule has 0 atom stereocenters. The lowest BCUT2D eigenvalue weighted by Crippen LogP contribution is -2.40. The average Bonchev–Trinajstić information content (AvgIpc) is 2.74. The van der Waals surface area contributed by atoms with Crippen molar-refractivity contribution in [2.75, 3.05) is 7.05 Å². The lowest BCUT2D eigenvalue weighted by atomic mass is 10.2. The van der Waals surface area contributed by atoms with Crippen molar-refractivity contribution >= 4 is 17.9 Å². The van der Waals surface area contributed by atoms with Crippen LogP contribution in [0.25, 0.3) is 0 Å². The van der Waals surface area contributed by atoms with Crippen LogP contribution in [-0.4, -0.2) is 44.7 Å². The van der Waals surface area contributed by atoms with Gasteiger partial charge in [0.1, 0.15) is 0 Å². The summed E-state index contributed by atoms with van der Waals surface area (Å²) in [6.45, 7) is 0.335. The van der Waals surface area contributed by atoms with Crippen LogP contribution in [0.3, 0.4) is 0 Å². The molecule has 2 N–H and O–H groups in total. The monoisotopic (exact) mass is 282 g/mol. The molecule has 0 saturated carbocycles. The van der Waals surface area contributed by atoms with Crippen molar-refractivity contribution in [1.29, 1.82) is 0 Å². The van der Waals surface area contributed by atoms with Crippen LogP contribution in [-0.2, 0) is 23.2 Å². The second-order valence-corrected chi connectivity index (χ2v) is 4.48. The molecular weight excluding hydrogens is 264 g/mol. The third-order valence-electron chi connectivity index (χ3n) is 2.57. The molecule has 0 saturated heterocycles. The smallest absolute Gasteiger partial charge is 0.324 e. The topological polar surface area (TPSA) is 105 Å². The Morgan fingerprint density at radius 1 is 1.40 bits per heavy atom. The Bertz CT molecular complexity index is 497. The maximum absolute atomic E-state index is 11.7. The molecule has 8 nitrogen and oxygen atoms in total. The van der Waals surface area contributed by atoms with Crippen molar-refractivity contribution in [3.8, 4) is 0 Å². The first-order valence-electron chi connectivity index (χ1n) is 6.12. The predicted octanol–water partition coefficient (Wildman–Crippen LogP) is 0.343. The van der Waals surface area contributed by atoms with Crippen LogP contribution in [0.15, 0.2) is 12.4 Å². The first-order valence-corrected chi connectivity index (χ1v) is 6.12. The number of aromatic nitrogens is 2. The molecule has 8 heteroatoms. The fraction of sp³-hybridized carbons (Fsp3) is 0.500. The molecule has 0 bridgehead atoms. The molecule has 110 valence electrons. The van der Waals surface area contributed by atoms with Gasteiger partial charge in [-0.3, -0.25) is 19.6 Å². The summed E-state index contributed by atoms with van der Waals surface area (Å²) < 4.78 is 1.62. The van der Waals surface area contributed by atoms with Crippen LogP contribution in [0.4, 0.5) is 4.79 Å². The normalized spacial score (nSPS) is 10.1. The Morgan fingerprint density at radius 2 is 2.10 bits per heavy atom. The molecule has 0 unspecified atom stereocenters. The number of hydrogen-bond acceptors (Lipinski definition) is 4. The minimum Gasteiger partial charge on any atom is -0.481 e. The molecule has 20 heavy (non-hydrogen) atoms. The van der Waals surface area contributed by atoms with Gasteiger partial charge >= 0.3 is 12.0 Å². The summed E-state index contributed by atoms with van der Waals surface area (Å²) >= 11 is 0. The van der Waals surface area contributed by atoms with Gasteiger partial charge in [-0.05, 0) is 6.42 Å². The zero-order valence-electron chi connectivity index (χ0n) is 11.5. The van der Waals surface area contributed by atoms with Crippen molar-refractivity contribution in [2.24, 2.45) is 7.05 Å². The van der Waals surface area contributed by atoms with Crippen molar-refractivity contribution in [1.82, 2.24) is 20.0 Å². The van der Waals surface area contributed by atoms with E-state index in [0.29, 0.717) is 6.54 Å². The zero-order valence-corrected chi connectivity index (χ0v) is 11.5. The fourth-order valence-electron chi connectivity index (χ4n) is 1.58. The van der Waals surface area contributed by atoms with Gasteiger partial charge in [-0.15, -0.1) is 0 Å². The van der Waals surface area contributed by atoms with Gasteiger partial charge in [-0.1, -0.05) is 0 Å². The van der Waals surface area contributed by atoms with Crippen molar-refractivity contribution in [2.45, 2.75) is 25.8 Å². The van der Waals surface area contributed by atoms with Crippen LogP contribution in [0, 0.1) is 0 Å². The molecule has 0 aliphatic rings. The minimum absolute atomic E-state index is 0.0127. The van der Waals surface area contributed by atoms with E-state index in [0.717, 1.165) is 5.56 Å². The molecule has 1 heterocycles. The molecule has 0 radical (unpaired) electrons. The Morgan fingerprint density at radius 3 is 2.65 bits per heavy atom. The molecular formula is C12H18N4O4. The Balaban J connectivity index is 2.33. The molecule has 0 aliphatic heterocycles. The lowest BCUT2D eigenvalue weighted by Gasteiger charge is -2.16. The number of urea groups is 1. The minimum atomic E-state index is -0.960. The van der Waals surface area contributed by atoms with E-state index < -0.39 is 17.9 Å². The van der Waals surface area contributed by atoms with E-state index in [-0.39, 0.29) is 19.3 Å². The Kier molecular flexibility index (Phi) is 5.70. The number of amides is 3. The highest BCUT2D eigenvalue weighted by atomic mass is 16.4. The van der Waals surface area contributed by atoms with E-state index in [1.54, 1.807) is 31.2 Å². The number of nitrogens with one attached hydrogen (secondary N) is 1. The van der Waals surface area contributed by atoms with E-state index in [2.05, 4.69) is 10.4 Å². The highest BCUT2D eigenvalue weighted by molar-refractivity contribution is 5.94. The third-order valence-corrected chi connectivity index (χ3v) is 2.57. The van der Waals surface area contributed by atoms with Crippen LogP contribution >= 0.6 is 0 Å². The summed E-state index contributed by atoms with van der Waals surface area (Å²) in [5.41, 5.74) is 0.850. The van der Waals surface area contributed by atoms with Crippen molar-refractivity contribution < 1.29 is 19.5 Å². The molecule has 1 rings (SSSR count). The van der Waals surface area contributed by atoms with Crippen LogP contribution in [0.5, 0.6) is 0 Å². The molecule has 1 aromatic heterocycles. The van der Waals surface area contributed by atoms with Crippen LogP contribution in [0.2, 0.25) is 0 Å². The molecule has 0 fully saturated rings. The van der Waals surface area contributed by atoms with Gasteiger partial charge < -0.3 is 10.0 Å². The van der Waals surface area contributed by atoms with E-state index in [1.165, 1.54) is 4.90 Å². The van der Waals surface area contributed by atoms with Crippen LogP contribution in [0.1, 0.15) is 24.8 Å². The highest BCUT2D eigenvalue weighted by Crippen LogP contribution is 2.02. The summed E-state index contributed by atoms with van der Waals surface area (Å²) in [6.07, 6.45) is 3.55. The summed E-state index contributed by atoms with van der Waals surface area (Å²) in [5.74, 6) is -1.44. The average molecular weight is 282 g/mol. The number of imide groups is 1. The number of nitrogens with zero attached hydrogens (tertiary/aromatic N) is 3. The van der Waals surface area contributed by atoms with Crippen LogP contribution < -0.4 is 5.32 Å². The maximum Gasteiger partial charge on any atom is 0.324 e. The molecule has 0 spiro atoms. The number of carboxylic acid groups (broad SMARTS) is 1. The molecule has 1 aromatic rings. The van der Waals surface area contributed by atoms with Crippen molar-refractivity contribution in [3.05, 3.63) is 18.0 Å². The number of carboxylic acids is 1. The van der Waals surface area contributed by atoms with Gasteiger partial charge in [0, 0.05) is 38.7 Å². The standard InChI is InChI=1S/C12H18N4O4/c1-15(7-9-6-13-16(2)8-9)12(20)14-10(17)4-3-5-11(18)19/h6,8H,3-5,7H2,1-2H3,(H,18,19)(H,14,17,20). The second-order valence-electron chi connectivity index (χ2n) is 4.48. The van der Waals surface area contributed by atoms with Gasteiger partial charge in [-0.25, -0.2) is 4.79 Å². The van der Waals surface area contributed by atoms with Gasteiger partial charge in [0.15, 0.2) is 0 Å². The van der Waals surface area contributed by atoms with Gasteiger partial charge in [0.05, 0.1) is 12.7 Å². The second kappa shape index (κ2) is 7.27. The number of hydrogen-bond donors (Lipinski definition) is 2. The zero-order chi connectivity index (χ0) is 15.1. The summed E-state index contributed by atoms with van der Waals surface area (Å²) in [7, 11) is 3.34. The van der Waals surface area contributed by atoms with E-state index in [4.69, 9.17) is 5.11 Å². The van der Waals surface area contributed by atoms with E-state index >= 15 is 0 Å². The quantitative estimate of drug-likeness (QED) is 0.783. The maximum atomic E-state index is 11.7. The summed E-state index contributed by atoms with van der Waals surface area (Å²) in [5, 5.41) is 14.6. The van der Waals surface area contributed by atoms with E-state index in [9.17, 15) is 14.4 Å². The number of rotatable bonds is 6. The largest absolute Gasteiger partial charge is 0.481 e. The Hall–Kier alpha value is -2.38. The third kappa shape index (κ3) is 5.51. The molecule has 3 amide bonds. The van der Waals surface area contributed by atoms with Gasteiger partial charge in [0.2, 0.25) is 5.91 Å². The highest BCUT2D eigenvalue weighted by Gasteiger charge is 2.13. The first kappa shape index (κ1) is 15.7.